The lowest BCUT2D eigenvalue weighted by Gasteiger charge is -2.22. The SMILES string of the molecule is O=S(=O)(NCC1(O)Cc2ccccc2C1)c1cccs1. The van der Waals surface area contributed by atoms with Crippen LogP contribution in [0.1, 0.15) is 11.1 Å². The smallest absolute Gasteiger partial charge is 0.250 e. The normalized spacial score (nSPS) is 17.1. The molecule has 1 aliphatic carbocycles. The van der Waals surface area contributed by atoms with Gasteiger partial charge in [-0.25, -0.2) is 13.1 Å². The first-order chi connectivity index (χ1) is 9.49. The number of benzene rings is 1. The van der Waals surface area contributed by atoms with Crippen molar-refractivity contribution in [2.24, 2.45) is 0 Å². The van der Waals surface area contributed by atoms with Gasteiger partial charge in [-0.1, -0.05) is 30.3 Å². The highest BCUT2D eigenvalue weighted by Crippen LogP contribution is 2.29. The number of nitrogens with one attached hydrogen (secondary N) is 1. The van der Waals surface area contributed by atoms with Crippen molar-refractivity contribution in [3.63, 3.8) is 0 Å². The highest BCUT2D eigenvalue weighted by Gasteiger charge is 2.36. The molecule has 1 aliphatic rings. The summed E-state index contributed by atoms with van der Waals surface area (Å²) in [4.78, 5) is 0. The first-order valence-corrected chi connectivity index (χ1v) is 8.67. The van der Waals surface area contributed by atoms with Gasteiger partial charge in [0, 0.05) is 19.4 Å². The lowest BCUT2D eigenvalue weighted by Crippen LogP contribution is -2.43. The maximum atomic E-state index is 12.1. The summed E-state index contributed by atoms with van der Waals surface area (Å²) in [5.74, 6) is 0. The van der Waals surface area contributed by atoms with Crippen molar-refractivity contribution in [1.29, 1.82) is 0 Å². The van der Waals surface area contributed by atoms with E-state index in [4.69, 9.17) is 0 Å². The molecule has 0 spiro atoms. The van der Waals surface area contributed by atoms with Crippen LogP contribution >= 0.6 is 11.3 Å². The van der Waals surface area contributed by atoms with Gasteiger partial charge in [0.05, 0.1) is 5.60 Å². The van der Waals surface area contributed by atoms with Gasteiger partial charge >= 0.3 is 0 Å². The number of hydrogen-bond acceptors (Lipinski definition) is 4. The molecule has 0 amide bonds. The second-order valence-corrected chi connectivity index (χ2v) is 8.04. The van der Waals surface area contributed by atoms with Gasteiger partial charge in [-0.15, -0.1) is 11.3 Å². The fraction of sp³-hybridized carbons (Fsp3) is 0.286. The Balaban J connectivity index is 1.71. The standard InChI is InChI=1S/C14H15NO3S2/c16-14(8-11-4-1-2-5-12(11)9-14)10-15-20(17,18)13-6-3-7-19-13/h1-7,15-16H,8-10H2. The van der Waals surface area contributed by atoms with Crippen LogP contribution in [0.15, 0.2) is 46.0 Å². The minimum absolute atomic E-state index is 0.0297. The number of sulfonamides is 1. The van der Waals surface area contributed by atoms with E-state index in [9.17, 15) is 13.5 Å². The summed E-state index contributed by atoms with van der Waals surface area (Å²) in [6.45, 7) is 0.0297. The van der Waals surface area contributed by atoms with E-state index in [-0.39, 0.29) is 10.8 Å². The van der Waals surface area contributed by atoms with Gasteiger partial charge in [0.2, 0.25) is 10.0 Å². The second kappa shape index (κ2) is 4.96. The Labute approximate surface area is 122 Å². The monoisotopic (exact) mass is 309 g/mol. The van der Waals surface area contributed by atoms with Crippen LogP contribution in [0.3, 0.4) is 0 Å². The lowest BCUT2D eigenvalue weighted by atomic mass is 10.0. The zero-order chi connectivity index (χ0) is 14.2. The third-order valence-electron chi connectivity index (χ3n) is 3.51. The van der Waals surface area contributed by atoms with Gasteiger partial charge in [0.25, 0.3) is 0 Å². The van der Waals surface area contributed by atoms with E-state index < -0.39 is 15.6 Å². The summed E-state index contributed by atoms with van der Waals surface area (Å²) < 4.78 is 26.9. The van der Waals surface area contributed by atoms with Gasteiger partial charge in [-0.2, -0.15) is 0 Å². The van der Waals surface area contributed by atoms with Crippen molar-refractivity contribution in [1.82, 2.24) is 4.72 Å². The van der Waals surface area contributed by atoms with Crippen molar-refractivity contribution < 1.29 is 13.5 Å². The van der Waals surface area contributed by atoms with E-state index in [1.165, 1.54) is 11.3 Å². The maximum absolute atomic E-state index is 12.1. The zero-order valence-electron chi connectivity index (χ0n) is 10.7. The number of aliphatic hydroxyl groups is 1. The molecular weight excluding hydrogens is 294 g/mol. The fourth-order valence-corrected chi connectivity index (χ4v) is 4.67. The Morgan fingerprint density at radius 1 is 1.15 bits per heavy atom. The molecule has 6 heteroatoms. The molecule has 0 fully saturated rings. The molecule has 0 atom stereocenters. The predicted octanol–water partition coefficient (Wildman–Crippen LogP) is 1.56. The van der Waals surface area contributed by atoms with E-state index in [0.717, 1.165) is 11.1 Å². The molecule has 0 saturated carbocycles. The molecule has 1 heterocycles. The Morgan fingerprint density at radius 3 is 2.35 bits per heavy atom. The molecule has 0 radical (unpaired) electrons. The largest absolute Gasteiger partial charge is 0.388 e. The van der Waals surface area contributed by atoms with Gasteiger partial charge in [0.15, 0.2) is 0 Å². The fourth-order valence-electron chi connectivity index (χ4n) is 2.52. The Hall–Kier alpha value is -1.21. The topological polar surface area (TPSA) is 66.4 Å². The van der Waals surface area contributed by atoms with E-state index in [0.29, 0.717) is 12.8 Å². The Kier molecular flexibility index (Phi) is 3.41. The molecular formula is C14H15NO3S2. The minimum Gasteiger partial charge on any atom is -0.388 e. The predicted molar refractivity (Wildman–Crippen MR) is 78.3 cm³/mol. The van der Waals surface area contributed by atoms with Crippen molar-refractivity contribution >= 4 is 21.4 Å². The van der Waals surface area contributed by atoms with Crippen LogP contribution in [-0.2, 0) is 22.9 Å². The Morgan fingerprint density at radius 2 is 1.80 bits per heavy atom. The first-order valence-electron chi connectivity index (χ1n) is 6.31. The summed E-state index contributed by atoms with van der Waals surface area (Å²) in [5, 5.41) is 12.3. The van der Waals surface area contributed by atoms with Crippen LogP contribution in [0.5, 0.6) is 0 Å². The molecule has 4 nitrogen and oxygen atoms in total. The number of fused-ring (bicyclic) bond motifs is 1. The first kappa shape index (κ1) is 13.8. The van der Waals surface area contributed by atoms with Crippen molar-refractivity contribution in [2.45, 2.75) is 22.7 Å². The average molecular weight is 309 g/mol. The molecule has 0 bridgehead atoms. The third kappa shape index (κ3) is 2.64. The lowest BCUT2D eigenvalue weighted by molar-refractivity contribution is 0.0568. The quantitative estimate of drug-likeness (QED) is 0.900. The molecule has 1 aromatic heterocycles. The van der Waals surface area contributed by atoms with Gasteiger partial charge in [-0.05, 0) is 22.6 Å². The van der Waals surface area contributed by atoms with E-state index in [2.05, 4.69) is 4.72 Å². The molecule has 0 aliphatic heterocycles. The highest BCUT2D eigenvalue weighted by molar-refractivity contribution is 7.91. The number of hydrogen-bond donors (Lipinski definition) is 2. The van der Waals surface area contributed by atoms with Crippen LogP contribution < -0.4 is 4.72 Å². The van der Waals surface area contributed by atoms with Crippen LogP contribution in [0.2, 0.25) is 0 Å². The average Bonchev–Trinajstić information content (AvgIpc) is 3.03. The summed E-state index contributed by atoms with van der Waals surface area (Å²) >= 11 is 1.17. The minimum atomic E-state index is -3.52. The summed E-state index contributed by atoms with van der Waals surface area (Å²) in [6, 6.07) is 11.1. The third-order valence-corrected chi connectivity index (χ3v) is 6.31. The van der Waals surface area contributed by atoms with Gasteiger partial charge < -0.3 is 5.11 Å². The van der Waals surface area contributed by atoms with Crippen LogP contribution in [0, 0.1) is 0 Å². The molecule has 2 aromatic rings. The molecule has 1 aromatic carbocycles. The van der Waals surface area contributed by atoms with Gasteiger partial charge in [0.1, 0.15) is 4.21 Å². The van der Waals surface area contributed by atoms with Crippen LogP contribution in [0.25, 0.3) is 0 Å². The van der Waals surface area contributed by atoms with Crippen molar-refractivity contribution in [3.05, 3.63) is 52.9 Å². The maximum Gasteiger partial charge on any atom is 0.250 e. The summed E-state index contributed by atoms with van der Waals surface area (Å²) in [7, 11) is -3.52. The number of rotatable bonds is 4. The van der Waals surface area contributed by atoms with E-state index in [1.54, 1.807) is 17.5 Å². The molecule has 2 N–H and O–H groups in total. The zero-order valence-corrected chi connectivity index (χ0v) is 12.4. The molecule has 0 saturated heterocycles. The molecule has 0 unspecified atom stereocenters. The van der Waals surface area contributed by atoms with Crippen LogP contribution in [0.4, 0.5) is 0 Å². The van der Waals surface area contributed by atoms with E-state index >= 15 is 0 Å². The van der Waals surface area contributed by atoms with Gasteiger partial charge in [-0.3, -0.25) is 0 Å². The summed E-state index contributed by atoms with van der Waals surface area (Å²) in [5.41, 5.74) is 1.14. The molecule has 3 rings (SSSR count). The van der Waals surface area contributed by atoms with Crippen molar-refractivity contribution in [3.8, 4) is 0 Å². The van der Waals surface area contributed by atoms with Crippen LogP contribution in [-0.4, -0.2) is 25.7 Å². The molecule has 20 heavy (non-hydrogen) atoms. The highest BCUT2D eigenvalue weighted by atomic mass is 32.2. The Bertz CT molecular complexity index is 683. The summed E-state index contributed by atoms with van der Waals surface area (Å²) in [6.07, 6.45) is 0.965. The van der Waals surface area contributed by atoms with E-state index in [1.807, 2.05) is 24.3 Å². The second-order valence-electron chi connectivity index (χ2n) is 5.10. The number of thiophene rings is 1. The molecule has 106 valence electrons. The van der Waals surface area contributed by atoms with Crippen molar-refractivity contribution in [2.75, 3.05) is 6.54 Å².